The lowest BCUT2D eigenvalue weighted by Gasteiger charge is -2.44. The Kier molecular flexibility index (Phi) is 16.7. The molecule has 2 saturated heterocycles. The number of hydrogen-bond donors (Lipinski definition) is 0. The first-order valence-electron chi connectivity index (χ1n) is 22.1. The van der Waals surface area contributed by atoms with E-state index in [1.54, 1.807) is 91.0 Å². The van der Waals surface area contributed by atoms with E-state index in [2.05, 4.69) is 0 Å². The fourth-order valence-electron chi connectivity index (χ4n) is 7.83. The molecule has 6 aromatic rings. The van der Waals surface area contributed by atoms with Gasteiger partial charge in [0.05, 0.1) is 49.7 Å². The highest BCUT2D eigenvalue weighted by Crippen LogP contribution is 2.34. The first-order valence-corrected chi connectivity index (χ1v) is 22.1. The molecular formula is C54H52O13. The van der Waals surface area contributed by atoms with Crippen LogP contribution in [0, 0.1) is 0 Å². The molecule has 0 amide bonds. The average Bonchev–Trinajstić information content (AvgIpc) is 3.72. The molecule has 8 rings (SSSR count). The lowest BCUT2D eigenvalue weighted by atomic mass is 9.97. The second-order valence-corrected chi connectivity index (χ2v) is 15.9. The van der Waals surface area contributed by atoms with Crippen molar-refractivity contribution in [2.75, 3.05) is 20.3 Å². The highest BCUT2D eigenvalue weighted by atomic mass is 16.8. The van der Waals surface area contributed by atoms with Crippen molar-refractivity contribution >= 4 is 17.9 Å². The van der Waals surface area contributed by atoms with E-state index in [0.29, 0.717) is 6.61 Å². The Hall–Kier alpha value is -6.55. The Balaban J connectivity index is 1.11. The minimum atomic E-state index is -1.48. The number of esters is 3. The molecule has 2 aliphatic heterocycles. The first kappa shape index (κ1) is 47.0. The van der Waals surface area contributed by atoms with Crippen molar-refractivity contribution < 1.29 is 61.8 Å². The molecule has 0 aliphatic carbocycles. The standard InChI is InChI=1S/C54H52O13/c1-58-53-49(67-52(57)42-30-18-7-19-31-42)47(66-51(56)41-28-16-6-17-29-41)46(65-50(55)40-26-14-5-15-27-40)44(63-53)36-62-54-48(61-34-39-24-12-4-13-25-39)45(60-33-38-22-10-3-11-23-38)43(64-54)35-59-32-37-20-8-2-9-21-37/h2-31,43-49,53-54H,32-36H2,1H3/t43-,44-,45-,46-,47+,48+,49+,53+,54-/m1/s1. The quantitative estimate of drug-likeness (QED) is 0.0537. The van der Waals surface area contributed by atoms with Gasteiger partial charge in [0, 0.05) is 7.11 Å². The van der Waals surface area contributed by atoms with Crippen LogP contribution in [0.15, 0.2) is 182 Å². The molecule has 2 fully saturated rings. The van der Waals surface area contributed by atoms with Crippen LogP contribution in [0.25, 0.3) is 0 Å². The summed E-state index contributed by atoms with van der Waals surface area (Å²) in [6.07, 6.45) is -10.1. The summed E-state index contributed by atoms with van der Waals surface area (Å²) in [7, 11) is 1.36. The first-order chi connectivity index (χ1) is 32.9. The van der Waals surface area contributed by atoms with Gasteiger partial charge in [-0.15, -0.1) is 0 Å². The highest BCUT2D eigenvalue weighted by Gasteiger charge is 2.54. The summed E-state index contributed by atoms with van der Waals surface area (Å²) in [6, 6.07) is 54.1. The summed E-state index contributed by atoms with van der Waals surface area (Å²) in [5, 5.41) is 0. The van der Waals surface area contributed by atoms with Crippen LogP contribution in [0.3, 0.4) is 0 Å². The third kappa shape index (κ3) is 12.7. The Morgan fingerprint density at radius 3 is 1.22 bits per heavy atom. The van der Waals surface area contributed by atoms with E-state index in [4.69, 9.17) is 47.4 Å². The molecule has 346 valence electrons. The number of hydrogen-bond acceptors (Lipinski definition) is 13. The van der Waals surface area contributed by atoms with Gasteiger partial charge >= 0.3 is 17.9 Å². The molecule has 9 atom stereocenters. The molecule has 0 unspecified atom stereocenters. The van der Waals surface area contributed by atoms with Gasteiger partial charge in [0.25, 0.3) is 0 Å². The van der Waals surface area contributed by atoms with Crippen LogP contribution in [0.4, 0.5) is 0 Å². The van der Waals surface area contributed by atoms with Gasteiger partial charge in [-0.1, -0.05) is 146 Å². The number of carbonyl (C=O) groups excluding carboxylic acids is 3. The van der Waals surface area contributed by atoms with E-state index in [1.807, 2.05) is 91.0 Å². The van der Waals surface area contributed by atoms with E-state index < -0.39 is 73.2 Å². The minimum absolute atomic E-state index is 0.133. The van der Waals surface area contributed by atoms with Crippen LogP contribution in [0.5, 0.6) is 0 Å². The molecular weight excluding hydrogens is 857 g/mol. The maximum absolute atomic E-state index is 14.0. The molecule has 0 radical (unpaired) electrons. The van der Waals surface area contributed by atoms with Crippen LogP contribution in [0.1, 0.15) is 47.8 Å². The number of benzene rings is 6. The Morgan fingerprint density at radius 1 is 0.388 bits per heavy atom. The van der Waals surface area contributed by atoms with Gasteiger partial charge < -0.3 is 47.4 Å². The molecule has 13 nitrogen and oxygen atoms in total. The largest absolute Gasteiger partial charge is 0.452 e. The molecule has 0 N–H and O–H groups in total. The van der Waals surface area contributed by atoms with E-state index in [1.165, 1.54) is 7.11 Å². The molecule has 2 aliphatic rings. The highest BCUT2D eigenvalue weighted by molar-refractivity contribution is 5.91. The summed E-state index contributed by atoms with van der Waals surface area (Å²) in [6.45, 7) is 0.596. The van der Waals surface area contributed by atoms with Gasteiger partial charge in [0.1, 0.15) is 24.4 Å². The summed E-state index contributed by atoms with van der Waals surface area (Å²) < 4.78 is 63.6. The predicted octanol–water partition coefficient (Wildman–Crippen LogP) is 8.16. The number of methoxy groups -OCH3 is 1. The molecule has 0 aromatic heterocycles. The van der Waals surface area contributed by atoms with E-state index >= 15 is 0 Å². The van der Waals surface area contributed by atoms with Gasteiger partial charge in [0.2, 0.25) is 0 Å². The molecule has 13 heteroatoms. The number of rotatable bonds is 20. The lowest BCUT2D eigenvalue weighted by molar-refractivity contribution is -0.302. The lowest BCUT2D eigenvalue weighted by Crippen LogP contribution is -2.63. The van der Waals surface area contributed by atoms with Crippen molar-refractivity contribution in [1.29, 1.82) is 0 Å². The molecule has 0 spiro atoms. The van der Waals surface area contributed by atoms with Crippen molar-refractivity contribution in [2.45, 2.75) is 75.1 Å². The normalized spacial score (nSPS) is 23.5. The van der Waals surface area contributed by atoms with Crippen LogP contribution < -0.4 is 0 Å². The number of carbonyl (C=O) groups is 3. The Labute approximate surface area is 389 Å². The summed E-state index contributed by atoms with van der Waals surface area (Å²) in [5.74, 6) is -2.27. The maximum Gasteiger partial charge on any atom is 0.338 e. The van der Waals surface area contributed by atoms with Gasteiger partial charge in [-0.05, 0) is 53.1 Å². The zero-order valence-corrected chi connectivity index (χ0v) is 36.9. The fraction of sp³-hybridized carbons (Fsp3) is 0.278. The van der Waals surface area contributed by atoms with Crippen molar-refractivity contribution in [3.8, 4) is 0 Å². The van der Waals surface area contributed by atoms with Crippen LogP contribution in [-0.4, -0.2) is 93.5 Å². The van der Waals surface area contributed by atoms with Gasteiger partial charge in [-0.2, -0.15) is 0 Å². The van der Waals surface area contributed by atoms with Crippen molar-refractivity contribution in [2.24, 2.45) is 0 Å². The van der Waals surface area contributed by atoms with Crippen molar-refractivity contribution in [3.63, 3.8) is 0 Å². The number of ether oxygens (including phenoxy) is 10. The van der Waals surface area contributed by atoms with Crippen LogP contribution in [0.2, 0.25) is 0 Å². The predicted molar refractivity (Wildman–Crippen MR) is 243 cm³/mol. The van der Waals surface area contributed by atoms with Crippen molar-refractivity contribution in [3.05, 3.63) is 215 Å². The Morgan fingerprint density at radius 2 is 0.761 bits per heavy atom. The molecule has 0 saturated carbocycles. The summed E-state index contributed by atoms with van der Waals surface area (Å²) in [4.78, 5) is 41.7. The molecule has 67 heavy (non-hydrogen) atoms. The monoisotopic (exact) mass is 908 g/mol. The van der Waals surface area contributed by atoms with Crippen molar-refractivity contribution in [1.82, 2.24) is 0 Å². The van der Waals surface area contributed by atoms with Crippen LogP contribution >= 0.6 is 0 Å². The summed E-state index contributed by atoms with van der Waals surface area (Å²) in [5.41, 5.74) is 3.49. The van der Waals surface area contributed by atoms with E-state index in [-0.39, 0.29) is 43.1 Å². The summed E-state index contributed by atoms with van der Waals surface area (Å²) >= 11 is 0. The van der Waals surface area contributed by atoms with E-state index in [0.717, 1.165) is 16.7 Å². The SMILES string of the molecule is CO[C@H]1O[C@H](CO[C@@H]2O[C@H](COCc3ccccc3)[C@@H](OCc3ccccc3)[C@@H]2OCc2ccccc2)[C@@H](OC(=O)c2ccccc2)[C@H](OC(=O)c2ccccc2)[C@@H]1OC(=O)c1ccccc1. The minimum Gasteiger partial charge on any atom is -0.452 e. The van der Waals surface area contributed by atoms with Crippen LogP contribution in [-0.2, 0) is 67.2 Å². The molecule has 6 aromatic carbocycles. The van der Waals surface area contributed by atoms with Gasteiger partial charge in [0.15, 0.2) is 30.9 Å². The third-order valence-corrected chi connectivity index (χ3v) is 11.2. The Bertz CT molecular complexity index is 2430. The van der Waals surface area contributed by atoms with Gasteiger partial charge in [-0.3, -0.25) is 0 Å². The fourth-order valence-corrected chi connectivity index (χ4v) is 7.83. The molecule has 0 bridgehead atoms. The van der Waals surface area contributed by atoms with E-state index in [9.17, 15) is 14.4 Å². The zero-order valence-electron chi connectivity index (χ0n) is 36.9. The molecule has 2 heterocycles. The second-order valence-electron chi connectivity index (χ2n) is 15.9. The average molecular weight is 909 g/mol. The second kappa shape index (κ2) is 23.8. The topological polar surface area (TPSA) is 144 Å². The zero-order chi connectivity index (χ0) is 46.2. The smallest absolute Gasteiger partial charge is 0.338 e. The van der Waals surface area contributed by atoms with Gasteiger partial charge in [-0.25, -0.2) is 14.4 Å². The maximum atomic E-state index is 14.0. The third-order valence-electron chi connectivity index (χ3n) is 11.2.